The molecule has 0 spiro atoms. The van der Waals surface area contributed by atoms with E-state index in [-0.39, 0.29) is 11.0 Å². The van der Waals surface area contributed by atoms with E-state index < -0.39 is 0 Å². The molecule has 0 unspecified atom stereocenters. The molecule has 0 aliphatic rings. The molecule has 0 bridgehead atoms. The Kier molecular flexibility index (Phi) is 3.65. The molecule has 0 saturated heterocycles. The van der Waals surface area contributed by atoms with Crippen molar-refractivity contribution in [2.45, 2.75) is 6.92 Å². The SMILES string of the molecule is Cc1ccc(C=O)cc1.[SiH4]. The van der Waals surface area contributed by atoms with Crippen LogP contribution in [0, 0.1) is 6.92 Å². The average molecular weight is 152 g/mol. The number of carbonyl (C=O) groups is 1. The number of hydrogen-bond acceptors (Lipinski definition) is 1. The molecule has 1 aromatic rings. The Labute approximate surface area is 65.1 Å². The number of hydrogen-bond donors (Lipinski definition) is 0. The van der Waals surface area contributed by atoms with Crippen molar-refractivity contribution < 1.29 is 4.79 Å². The highest BCUT2D eigenvalue weighted by molar-refractivity contribution is 5.75. The van der Waals surface area contributed by atoms with Crippen LogP contribution in [-0.2, 0) is 0 Å². The largest absolute Gasteiger partial charge is 0.298 e. The van der Waals surface area contributed by atoms with Crippen LogP contribution < -0.4 is 0 Å². The Bertz CT molecular complexity index is 203. The normalized spacial score (nSPS) is 8.10. The van der Waals surface area contributed by atoms with E-state index in [1.165, 1.54) is 5.56 Å². The Morgan fingerprint density at radius 2 is 1.70 bits per heavy atom. The monoisotopic (exact) mass is 152 g/mol. The molecule has 10 heavy (non-hydrogen) atoms. The lowest BCUT2D eigenvalue weighted by Gasteiger charge is -1.89. The van der Waals surface area contributed by atoms with Crippen LogP contribution in [0.15, 0.2) is 24.3 Å². The van der Waals surface area contributed by atoms with Gasteiger partial charge in [-0.05, 0) is 17.9 Å². The summed E-state index contributed by atoms with van der Waals surface area (Å²) in [6.45, 7) is 1.99. The molecule has 0 aliphatic heterocycles. The second-order valence-electron chi connectivity index (χ2n) is 2.03. The van der Waals surface area contributed by atoms with Gasteiger partial charge in [-0.1, -0.05) is 29.8 Å². The number of aryl methyl sites for hydroxylation is 1. The van der Waals surface area contributed by atoms with Crippen molar-refractivity contribution in [1.82, 2.24) is 0 Å². The van der Waals surface area contributed by atoms with Gasteiger partial charge in [0.15, 0.2) is 0 Å². The van der Waals surface area contributed by atoms with Gasteiger partial charge in [0.1, 0.15) is 6.29 Å². The fourth-order valence-corrected chi connectivity index (χ4v) is 0.645. The van der Waals surface area contributed by atoms with Crippen LogP contribution in [0.5, 0.6) is 0 Å². The number of carbonyl (C=O) groups excluding carboxylic acids is 1. The molecule has 2 heteroatoms. The van der Waals surface area contributed by atoms with Gasteiger partial charge in [-0.3, -0.25) is 4.79 Å². The molecule has 0 saturated carbocycles. The first-order chi connectivity index (χ1) is 4.33. The molecule has 0 amide bonds. The molecule has 0 fully saturated rings. The summed E-state index contributed by atoms with van der Waals surface area (Å²) >= 11 is 0. The molecule has 0 radical (unpaired) electrons. The fraction of sp³-hybridized carbons (Fsp3) is 0.125. The predicted molar refractivity (Wildman–Crippen MR) is 47.9 cm³/mol. The molecular formula is C8H12OSi. The van der Waals surface area contributed by atoms with Gasteiger partial charge >= 0.3 is 0 Å². The fourth-order valence-electron chi connectivity index (χ4n) is 0.645. The Hall–Kier alpha value is -0.893. The molecule has 0 atom stereocenters. The lowest BCUT2D eigenvalue weighted by Crippen LogP contribution is -1.77. The van der Waals surface area contributed by atoms with Crippen molar-refractivity contribution in [2.24, 2.45) is 0 Å². The lowest BCUT2D eigenvalue weighted by atomic mass is 10.2. The summed E-state index contributed by atoms with van der Waals surface area (Å²) in [5.74, 6) is 0. The van der Waals surface area contributed by atoms with Crippen LogP contribution in [-0.4, -0.2) is 17.3 Å². The topological polar surface area (TPSA) is 17.1 Å². The van der Waals surface area contributed by atoms with Crippen LogP contribution in [0.3, 0.4) is 0 Å². The first-order valence-corrected chi connectivity index (χ1v) is 2.85. The Morgan fingerprint density at radius 1 is 1.20 bits per heavy atom. The summed E-state index contributed by atoms with van der Waals surface area (Å²) < 4.78 is 0. The Balaban J connectivity index is 0.000000810. The minimum Gasteiger partial charge on any atom is -0.298 e. The smallest absolute Gasteiger partial charge is 0.150 e. The number of aldehydes is 1. The van der Waals surface area contributed by atoms with Gasteiger partial charge < -0.3 is 0 Å². The van der Waals surface area contributed by atoms with E-state index in [4.69, 9.17) is 0 Å². The van der Waals surface area contributed by atoms with Crippen molar-refractivity contribution in [3.8, 4) is 0 Å². The number of benzene rings is 1. The van der Waals surface area contributed by atoms with Crippen molar-refractivity contribution in [3.05, 3.63) is 35.4 Å². The highest BCUT2D eigenvalue weighted by atomic mass is 28.1. The predicted octanol–water partition coefficient (Wildman–Crippen LogP) is 0.356. The molecular weight excluding hydrogens is 140 g/mol. The zero-order valence-electron chi connectivity index (χ0n) is 5.29. The lowest BCUT2D eigenvalue weighted by molar-refractivity contribution is 0.112. The molecule has 1 rings (SSSR count). The van der Waals surface area contributed by atoms with E-state index >= 15 is 0 Å². The van der Waals surface area contributed by atoms with Gasteiger partial charge in [-0.25, -0.2) is 0 Å². The summed E-state index contributed by atoms with van der Waals surface area (Å²) in [7, 11) is 0. The summed E-state index contributed by atoms with van der Waals surface area (Å²) in [5, 5.41) is 0. The van der Waals surface area contributed by atoms with Crippen molar-refractivity contribution >= 4 is 17.3 Å². The van der Waals surface area contributed by atoms with Crippen LogP contribution in [0.2, 0.25) is 0 Å². The number of rotatable bonds is 1. The zero-order chi connectivity index (χ0) is 6.69. The van der Waals surface area contributed by atoms with Crippen LogP contribution in [0.25, 0.3) is 0 Å². The molecule has 1 nitrogen and oxygen atoms in total. The maximum Gasteiger partial charge on any atom is 0.150 e. The summed E-state index contributed by atoms with van der Waals surface area (Å²) in [5.41, 5.74) is 1.92. The van der Waals surface area contributed by atoms with Crippen molar-refractivity contribution in [3.63, 3.8) is 0 Å². The maximum absolute atomic E-state index is 10.1. The molecule has 0 aliphatic carbocycles. The van der Waals surface area contributed by atoms with Gasteiger partial charge in [-0.15, -0.1) is 0 Å². The van der Waals surface area contributed by atoms with E-state index in [9.17, 15) is 4.79 Å². The average Bonchev–Trinajstić information content (AvgIpc) is 1.90. The molecule has 54 valence electrons. The quantitative estimate of drug-likeness (QED) is 0.419. The van der Waals surface area contributed by atoms with Gasteiger partial charge in [0.05, 0.1) is 0 Å². The zero-order valence-corrected chi connectivity index (χ0v) is 5.29. The highest BCUT2D eigenvalue weighted by Gasteiger charge is 1.85. The van der Waals surface area contributed by atoms with E-state index in [2.05, 4.69) is 0 Å². The van der Waals surface area contributed by atoms with Crippen LogP contribution >= 0.6 is 0 Å². The van der Waals surface area contributed by atoms with Crippen molar-refractivity contribution in [1.29, 1.82) is 0 Å². The van der Waals surface area contributed by atoms with Gasteiger partial charge in [0, 0.05) is 5.56 Å². The summed E-state index contributed by atoms with van der Waals surface area (Å²) in [6, 6.07) is 7.46. The summed E-state index contributed by atoms with van der Waals surface area (Å²) in [4.78, 5) is 10.1. The third kappa shape index (κ3) is 2.15. The second kappa shape index (κ2) is 4.01. The molecule has 0 aromatic heterocycles. The van der Waals surface area contributed by atoms with E-state index in [1.54, 1.807) is 0 Å². The van der Waals surface area contributed by atoms with E-state index in [1.807, 2.05) is 31.2 Å². The third-order valence-electron chi connectivity index (χ3n) is 1.21. The van der Waals surface area contributed by atoms with E-state index in [0.29, 0.717) is 0 Å². The Morgan fingerprint density at radius 3 is 2.10 bits per heavy atom. The third-order valence-corrected chi connectivity index (χ3v) is 1.21. The molecule has 0 heterocycles. The maximum atomic E-state index is 10.1. The molecule has 0 N–H and O–H groups in total. The van der Waals surface area contributed by atoms with Gasteiger partial charge in [0.2, 0.25) is 0 Å². The standard InChI is InChI=1S/C8H8O.H4Si/c1-7-2-4-8(6-9)5-3-7;/h2-6H,1H3;1H4. The summed E-state index contributed by atoms with van der Waals surface area (Å²) in [6.07, 6.45) is 0.847. The van der Waals surface area contributed by atoms with Crippen LogP contribution in [0.4, 0.5) is 0 Å². The minimum atomic E-state index is 0. The van der Waals surface area contributed by atoms with Gasteiger partial charge in [-0.2, -0.15) is 0 Å². The molecule has 1 aromatic carbocycles. The van der Waals surface area contributed by atoms with Gasteiger partial charge in [0.25, 0.3) is 0 Å². The van der Waals surface area contributed by atoms with Crippen molar-refractivity contribution in [2.75, 3.05) is 0 Å². The highest BCUT2D eigenvalue weighted by Crippen LogP contribution is 1.98. The minimum absolute atomic E-state index is 0. The van der Waals surface area contributed by atoms with Crippen LogP contribution in [0.1, 0.15) is 15.9 Å². The first kappa shape index (κ1) is 9.11. The van der Waals surface area contributed by atoms with E-state index in [0.717, 1.165) is 11.8 Å². The second-order valence-corrected chi connectivity index (χ2v) is 2.03. The first-order valence-electron chi connectivity index (χ1n) is 2.85.